The molecule has 0 fully saturated rings. The molecule has 1 atom stereocenters. The van der Waals surface area contributed by atoms with Crippen LogP contribution in [0.25, 0.3) is 0 Å². The molecule has 0 amide bonds. The number of aryl methyl sites for hydroxylation is 1. The third-order valence-electron chi connectivity index (χ3n) is 3.18. The Bertz CT molecular complexity index is 568. The smallest absolute Gasteiger partial charge is 0.165 e. The summed E-state index contributed by atoms with van der Waals surface area (Å²) in [4.78, 5) is -0.0101. The highest BCUT2D eigenvalue weighted by Gasteiger charge is 2.15. The van der Waals surface area contributed by atoms with E-state index >= 15 is 0 Å². The van der Waals surface area contributed by atoms with Gasteiger partial charge in [0.2, 0.25) is 0 Å². The minimum Gasteiger partial charge on any atom is -0.494 e. The fourth-order valence-electron chi connectivity index (χ4n) is 2.12. The Morgan fingerprint density at radius 1 is 1.21 bits per heavy atom. The molecule has 0 N–H and O–H groups in total. The molecule has 0 radical (unpaired) electrons. The Labute approximate surface area is 121 Å². The molecule has 0 aliphatic rings. The summed E-state index contributed by atoms with van der Waals surface area (Å²) in [5.41, 5.74) is 3.33. The van der Waals surface area contributed by atoms with Crippen LogP contribution in [0.1, 0.15) is 28.4 Å². The number of alkyl halides is 1. The van der Waals surface area contributed by atoms with Crippen molar-refractivity contribution in [2.45, 2.75) is 18.2 Å². The molecule has 0 saturated heterocycles. The van der Waals surface area contributed by atoms with Gasteiger partial charge in [0.25, 0.3) is 0 Å². The van der Waals surface area contributed by atoms with Crippen LogP contribution in [-0.4, -0.2) is 7.11 Å². The quantitative estimate of drug-likeness (QED) is 0.729. The Morgan fingerprint density at radius 3 is 2.58 bits per heavy atom. The van der Waals surface area contributed by atoms with Crippen molar-refractivity contribution in [2.24, 2.45) is 0 Å². The van der Waals surface area contributed by atoms with E-state index in [2.05, 4.69) is 35.0 Å². The lowest BCUT2D eigenvalue weighted by Crippen LogP contribution is -1.99. The zero-order valence-corrected chi connectivity index (χ0v) is 12.6. The fourth-order valence-corrected chi connectivity index (χ4v) is 2.85. The van der Waals surface area contributed by atoms with Crippen LogP contribution in [0.4, 0.5) is 4.39 Å². The van der Waals surface area contributed by atoms with Gasteiger partial charge in [0.15, 0.2) is 11.6 Å². The second-order valence-electron chi connectivity index (χ2n) is 4.31. The zero-order chi connectivity index (χ0) is 13.8. The van der Waals surface area contributed by atoms with Crippen molar-refractivity contribution < 1.29 is 9.13 Å². The zero-order valence-electron chi connectivity index (χ0n) is 11.0. The van der Waals surface area contributed by atoms with E-state index in [9.17, 15) is 4.39 Å². The van der Waals surface area contributed by atoms with Crippen LogP contribution in [0.5, 0.6) is 5.75 Å². The highest BCUT2D eigenvalue weighted by Crippen LogP contribution is 2.34. The lowest BCUT2D eigenvalue weighted by molar-refractivity contribution is 0.386. The van der Waals surface area contributed by atoms with Gasteiger partial charge in [-0.2, -0.15) is 0 Å². The van der Waals surface area contributed by atoms with E-state index in [1.54, 1.807) is 6.07 Å². The summed E-state index contributed by atoms with van der Waals surface area (Å²) < 4.78 is 18.7. The first-order valence-corrected chi connectivity index (χ1v) is 7.14. The van der Waals surface area contributed by atoms with Crippen LogP contribution < -0.4 is 4.74 Å². The number of hydrogen-bond acceptors (Lipinski definition) is 1. The lowest BCUT2D eigenvalue weighted by Gasteiger charge is -2.15. The summed E-state index contributed by atoms with van der Waals surface area (Å²) in [6.45, 7) is 2.12. The van der Waals surface area contributed by atoms with Gasteiger partial charge in [0, 0.05) is 0 Å². The van der Waals surface area contributed by atoms with E-state index in [-0.39, 0.29) is 16.4 Å². The lowest BCUT2D eigenvalue weighted by atomic mass is 9.98. The van der Waals surface area contributed by atoms with Gasteiger partial charge >= 0.3 is 0 Å². The van der Waals surface area contributed by atoms with E-state index in [1.807, 2.05) is 18.2 Å². The van der Waals surface area contributed by atoms with Gasteiger partial charge in [-0.1, -0.05) is 53.2 Å². The monoisotopic (exact) mass is 322 g/mol. The van der Waals surface area contributed by atoms with Gasteiger partial charge < -0.3 is 4.74 Å². The van der Waals surface area contributed by atoms with E-state index in [4.69, 9.17) is 4.74 Å². The highest BCUT2D eigenvalue weighted by molar-refractivity contribution is 9.09. The van der Waals surface area contributed by atoms with Crippen LogP contribution in [-0.2, 0) is 6.42 Å². The molecule has 100 valence electrons. The Hall–Kier alpha value is -1.35. The van der Waals surface area contributed by atoms with Crippen molar-refractivity contribution in [2.75, 3.05) is 7.11 Å². The molecular weight excluding hydrogens is 307 g/mol. The molecule has 2 aromatic carbocycles. The van der Waals surface area contributed by atoms with Gasteiger partial charge in [0.05, 0.1) is 11.9 Å². The van der Waals surface area contributed by atoms with Crippen LogP contribution in [0, 0.1) is 5.82 Å². The summed E-state index contributed by atoms with van der Waals surface area (Å²) in [6, 6.07) is 13.3. The van der Waals surface area contributed by atoms with Crippen molar-refractivity contribution in [3.05, 3.63) is 65.0 Å². The van der Waals surface area contributed by atoms with Crippen LogP contribution >= 0.6 is 15.9 Å². The maximum absolute atomic E-state index is 13.8. The first kappa shape index (κ1) is 14.1. The Morgan fingerprint density at radius 2 is 1.95 bits per heavy atom. The summed E-state index contributed by atoms with van der Waals surface area (Å²) in [5.74, 6) is -0.0642. The van der Waals surface area contributed by atoms with Gasteiger partial charge in [-0.05, 0) is 35.2 Å². The van der Waals surface area contributed by atoms with Crippen molar-refractivity contribution in [3.63, 3.8) is 0 Å². The van der Waals surface area contributed by atoms with Crippen molar-refractivity contribution in [3.8, 4) is 5.75 Å². The number of hydrogen-bond donors (Lipinski definition) is 0. The number of benzene rings is 2. The van der Waals surface area contributed by atoms with E-state index in [1.165, 1.54) is 24.3 Å². The molecule has 1 nitrogen and oxygen atoms in total. The first-order valence-electron chi connectivity index (χ1n) is 6.22. The van der Waals surface area contributed by atoms with Gasteiger partial charge in [-0.25, -0.2) is 4.39 Å². The maximum atomic E-state index is 13.8. The SMILES string of the molecule is CCc1ccccc1C(Br)c1ccc(OC)c(F)c1. The summed E-state index contributed by atoms with van der Waals surface area (Å²) in [5, 5.41) is 0. The molecule has 0 aliphatic carbocycles. The largest absolute Gasteiger partial charge is 0.494 e. The average Bonchev–Trinajstić information content (AvgIpc) is 2.46. The molecular formula is C16H16BrFO. The Balaban J connectivity index is 2.38. The van der Waals surface area contributed by atoms with Gasteiger partial charge in [0.1, 0.15) is 0 Å². The molecule has 3 heteroatoms. The molecule has 0 aliphatic heterocycles. The van der Waals surface area contributed by atoms with Gasteiger partial charge in [-0.3, -0.25) is 0 Å². The molecule has 2 rings (SSSR count). The standard InChI is InChI=1S/C16H16BrFO/c1-3-11-6-4-5-7-13(11)16(17)12-8-9-15(19-2)14(18)10-12/h4-10,16H,3H2,1-2H3. The normalized spacial score (nSPS) is 12.2. The third kappa shape index (κ3) is 2.98. The number of halogens is 2. The molecule has 0 aromatic heterocycles. The predicted octanol–water partition coefficient (Wildman–Crippen LogP) is 4.88. The van der Waals surface area contributed by atoms with E-state index in [0.29, 0.717) is 0 Å². The van der Waals surface area contributed by atoms with Crippen molar-refractivity contribution in [1.82, 2.24) is 0 Å². The molecule has 19 heavy (non-hydrogen) atoms. The molecule has 0 spiro atoms. The minimum absolute atomic E-state index is 0.0101. The molecule has 0 bridgehead atoms. The van der Waals surface area contributed by atoms with Crippen molar-refractivity contribution >= 4 is 15.9 Å². The highest BCUT2D eigenvalue weighted by atomic mass is 79.9. The molecule has 0 saturated carbocycles. The molecule has 2 aromatic rings. The van der Waals surface area contributed by atoms with E-state index < -0.39 is 0 Å². The number of methoxy groups -OCH3 is 1. The van der Waals surface area contributed by atoms with Gasteiger partial charge in [-0.15, -0.1) is 0 Å². The summed E-state index contributed by atoms with van der Waals surface area (Å²) in [6.07, 6.45) is 0.955. The number of rotatable bonds is 4. The summed E-state index contributed by atoms with van der Waals surface area (Å²) in [7, 11) is 1.47. The van der Waals surface area contributed by atoms with Crippen LogP contribution in [0.2, 0.25) is 0 Å². The maximum Gasteiger partial charge on any atom is 0.165 e. The fraction of sp³-hybridized carbons (Fsp3) is 0.250. The first-order chi connectivity index (χ1) is 9.17. The number of ether oxygens (including phenoxy) is 1. The topological polar surface area (TPSA) is 9.23 Å². The third-order valence-corrected chi connectivity index (χ3v) is 4.20. The second-order valence-corrected chi connectivity index (χ2v) is 5.22. The summed E-state index contributed by atoms with van der Waals surface area (Å²) >= 11 is 3.66. The predicted molar refractivity (Wildman–Crippen MR) is 79.5 cm³/mol. The van der Waals surface area contributed by atoms with E-state index in [0.717, 1.165) is 12.0 Å². The minimum atomic E-state index is -0.335. The molecule has 0 heterocycles. The van der Waals surface area contributed by atoms with Crippen LogP contribution in [0.3, 0.4) is 0 Å². The van der Waals surface area contributed by atoms with Crippen LogP contribution in [0.15, 0.2) is 42.5 Å². The Kier molecular flexibility index (Phi) is 4.59. The average molecular weight is 323 g/mol. The molecule has 1 unspecified atom stereocenters. The van der Waals surface area contributed by atoms with Crippen molar-refractivity contribution in [1.29, 1.82) is 0 Å². The second kappa shape index (κ2) is 6.20.